The molecule has 0 atom stereocenters. The summed E-state index contributed by atoms with van der Waals surface area (Å²) in [7, 11) is 2.03. The fourth-order valence-corrected chi connectivity index (χ4v) is 3.00. The Hall–Kier alpha value is -2.45. The number of likely N-dealkylation sites (N-methyl/N-ethyl adjacent to an activating group) is 1. The van der Waals surface area contributed by atoms with Gasteiger partial charge in [-0.2, -0.15) is 0 Å². The highest BCUT2D eigenvalue weighted by atomic mass is 35.5. The Morgan fingerprint density at radius 1 is 1.24 bits per heavy atom. The van der Waals surface area contributed by atoms with Crippen molar-refractivity contribution in [1.29, 1.82) is 0 Å². The molecule has 1 saturated heterocycles. The minimum Gasteiger partial charge on any atom is -0.348 e. The highest BCUT2D eigenvalue weighted by molar-refractivity contribution is 6.30. The molecule has 0 amide bonds. The number of piperazine rings is 1. The van der Waals surface area contributed by atoms with E-state index in [9.17, 15) is 10.1 Å². The SMILES string of the molecule is Cc1cc(Cl)ccc1Nc1ncnc(N2CCN(C)CC2)c1[N+](=O)[O-]. The average molecular weight is 363 g/mol. The zero-order valence-corrected chi connectivity index (χ0v) is 14.8. The molecule has 1 fully saturated rings. The van der Waals surface area contributed by atoms with Crippen LogP contribution in [-0.2, 0) is 0 Å². The largest absolute Gasteiger partial charge is 0.353 e. The third-order valence-electron chi connectivity index (χ3n) is 4.23. The van der Waals surface area contributed by atoms with E-state index in [-0.39, 0.29) is 11.5 Å². The maximum atomic E-state index is 11.7. The van der Waals surface area contributed by atoms with Gasteiger partial charge in [0.2, 0.25) is 11.6 Å². The molecule has 0 radical (unpaired) electrons. The molecule has 1 aliphatic heterocycles. The molecule has 0 aliphatic carbocycles. The van der Waals surface area contributed by atoms with E-state index in [2.05, 4.69) is 20.2 Å². The van der Waals surface area contributed by atoms with Gasteiger partial charge >= 0.3 is 5.69 Å². The van der Waals surface area contributed by atoms with Gasteiger partial charge < -0.3 is 15.1 Å². The van der Waals surface area contributed by atoms with Crippen molar-refractivity contribution >= 4 is 34.6 Å². The summed E-state index contributed by atoms with van der Waals surface area (Å²) in [5.41, 5.74) is 1.48. The van der Waals surface area contributed by atoms with Gasteiger partial charge in [0.05, 0.1) is 4.92 Å². The summed E-state index contributed by atoms with van der Waals surface area (Å²) in [6.07, 6.45) is 1.36. The van der Waals surface area contributed by atoms with Crippen molar-refractivity contribution in [3.8, 4) is 0 Å². The van der Waals surface area contributed by atoms with E-state index in [0.29, 0.717) is 23.9 Å². The van der Waals surface area contributed by atoms with Gasteiger partial charge in [0.1, 0.15) is 6.33 Å². The summed E-state index contributed by atoms with van der Waals surface area (Å²) in [5.74, 6) is 0.529. The standard InChI is InChI=1S/C16H19ClN6O2/c1-11-9-12(17)3-4-13(11)20-15-14(23(24)25)16(19-10-18-15)22-7-5-21(2)6-8-22/h3-4,9-10H,5-8H2,1-2H3,(H,18,19,20). The number of aromatic nitrogens is 2. The Labute approximate surface area is 150 Å². The average Bonchev–Trinajstić information content (AvgIpc) is 2.57. The normalized spacial score (nSPS) is 15.2. The van der Waals surface area contributed by atoms with E-state index in [1.54, 1.807) is 18.2 Å². The molecule has 0 unspecified atom stereocenters. The number of anilines is 3. The van der Waals surface area contributed by atoms with Gasteiger partial charge in [-0.3, -0.25) is 10.1 Å². The minimum absolute atomic E-state index is 0.110. The van der Waals surface area contributed by atoms with E-state index >= 15 is 0 Å². The quantitative estimate of drug-likeness (QED) is 0.660. The van der Waals surface area contributed by atoms with Crippen molar-refractivity contribution in [2.24, 2.45) is 0 Å². The third-order valence-corrected chi connectivity index (χ3v) is 4.46. The minimum atomic E-state index is -0.429. The first-order valence-electron chi connectivity index (χ1n) is 7.92. The summed E-state index contributed by atoms with van der Waals surface area (Å²) in [6.45, 7) is 4.92. The zero-order valence-electron chi connectivity index (χ0n) is 14.1. The fourth-order valence-electron chi connectivity index (χ4n) is 2.77. The van der Waals surface area contributed by atoms with Gasteiger partial charge in [0.15, 0.2) is 0 Å². The predicted molar refractivity (Wildman–Crippen MR) is 97.9 cm³/mol. The summed E-state index contributed by atoms with van der Waals surface area (Å²) < 4.78 is 0. The third kappa shape index (κ3) is 3.80. The molecule has 9 heteroatoms. The van der Waals surface area contributed by atoms with E-state index in [1.165, 1.54) is 6.33 Å². The number of halogens is 1. The lowest BCUT2D eigenvalue weighted by Crippen LogP contribution is -2.45. The summed E-state index contributed by atoms with van der Waals surface area (Å²) in [6, 6.07) is 5.29. The number of nitro groups is 1. The van der Waals surface area contributed by atoms with E-state index in [0.717, 1.165) is 24.3 Å². The lowest BCUT2D eigenvalue weighted by Gasteiger charge is -2.32. The number of benzene rings is 1. The summed E-state index contributed by atoms with van der Waals surface area (Å²) in [5, 5.41) is 15.4. The van der Waals surface area contributed by atoms with Gasteiger partial charge in [-0.25, -0.2) is 9.97 Å². The molecule has 1 N–H and O–H groups in total. The van der Waals surface area contributed by atoms with Crippen LogP contribution in [-0.4, -0.2) is 53.0 Å². The van der Waals surface area contributed by atoms with Crippen LogP contribution in [0.4, 0.5) is 23.0 Å². The van der Waals surface area contributed by atoms with E-state index in [1.807, 2.05) is 18.9 Å². The number of nitrogens with zero attached hydrogens (tertiary/aromatic N) is 5. The molecule has 2 aromatic rings. The van der Waals surface area contributed by atoms with Gasteiger partial charge in [0.25, 0.3) is 0 Å². The van der Waals surface area contributed by atoms with Crippen molar-refractivity contribution in [3.63, 3.8) is 0 Å². The van der Waals surface area contributed by atoms with Crippen molar-refractivity contribution in [2.75, 3.05) is 43.4 Å². The van der Waals surface area contributed by atoms with Crippen molar-refractivity contribution in [2.45, 2.75) is 6.92 Å². The Morgan fingerprint density at radius 3 is 2.60 bits per heavy atom. The van der Waals surface area contributed by atoms with Crippen LogP contribution in [0.2, 0.25) is 5.02 Å². The Morgan fingerprint density at radius 2 is 1.96 bits per heavy atom. The summed E-state index contributed by atoms with van der Waals surface area (Å²) in [4.78, 5) is 23.7. The van der Waals surface area contributed by atoms with Crippen molar-refractivity contribution in [3.05, 3.63) is 45.2 Å². The number of nitrogens with one attached hydrogen (secondary N) is 1. The zero-order chi connectivity index (χ0) is 18.0. The maximum Gasteiger partial charge on any atom is 0.353 e. The van der Waals surface area contributed by atoms with Crippen LogP contribution in [0, 0.1) is 17.0 Å². The molecule has 1 aromatic carbocycles. The molecule has 3 rings (SSSR count). The van der Waals surface area contributed by atoms with Crippen LogP contribution < -0.4 is 10.2 Å². The highest BCUT2D eigenvalue weighted by Crippen LogP contribution is 2.34. The first kappa shape index (κ1) is 17.4. The number of aryl methyl sites for hydroxylation is 1. The smallest absolute Gasteiger partial charge is 0.348 e. The van der Waals surface area contributed by atoms with Gasteiger partial charge in [-0.15, -0.1) is 0 Å². The maximum absolute atomic E-state index is 11.7. The monoisotopic (exact) mass is 362 g/mol. The Bertz CT molecular complexity index is 792. The topological polar surface area (TPSA) is 87.4 Å². The second-order valence-electron chi connectivity index (χ2n) is 6.03. The second kappa shape index (κ2) is 7.20. The first-order valence-corrected chi connectivity index (χ1v) is 8.29. The molecule has 0 spiro atoms. The number of rotatable bonds is 4. The van der Waals surface area contributed by atoms with Crippen LogP contribution in [0.1, 0.15) is 5.56 Å². The number of hydrogen-bond donors (Lipinski definition) is 1. The molecule has 1 aliphatic rings. The van der Waals surface area contributed by atoms with Gasteiger partial charge in [-0.05, 0) is 37.7 Å². The van der Waals surface area contributed by atoms with Crippen LogP contribution in [0.5, 0.6) is 0 Å². The van der Waals surface area contributed by atoms with Crippen LogP contribution in [0.15, 0.2) is 24.5 Å². The highest BCUT2D eigenvalue weighted by Gasteiger charge is 2.28. The molecule has 25 heavy (non-hydrogen) atoms. The van der Waals surface area contributed by atoms with Crippen LogP contribution in [0.3, 0.4) is 0 Å². The second-order valence-corrected chi connectivity index (χ2v) is 6.46. The molecule has 8 nitrogen and oxygen atoms in total. The number of hydrogen-bond acceptors (Lipinski definition) is 7. The Kier molecular flexibility index (Phi) is 5.00. The molecule has 2 heterocycles. The van der Waals surface area contributed by atoms with Gasteiger partial charge in [0, 0.05) is 36.9 Å². The fraction of sp³-hybridized carbons (Fsp3) is 0.375. The van der Waals surface area contributed by atoms with E-state index < -0.39 is 4.92 Å². The van der Waals surface area contributed by atoms with Crippen molar-refractivity contribution < 1.29 is 4.92 Å². The van der Waals surface area contributed by atoms with Gasteiger partial charge in [-0.1, -0.05) is 11.6 Å². The van der Waals surface area contributed by atoms with E-state index in [4.69, 9.17) is 11.6 Å². The molecule has 132 valence electrons. The molecule has 0 saturated carbocycles. The van der Waals surface area contributed by atoms with Crippen LogP contribution in [0.25, 0.3) is 0 Å². The molecule has 0 bridgehead atoms. The first-order chi connectivity index (χ1) is 12.0. The molecular weight excluding hydrogens is 344 g/mol. The molecule has 1 aromatic heterocycles. The van der Waals surface area contributed by atoms with Crippen molar-refractivity contribution in [1.82, 2.24) is 14.9 Å². The predicted octanol–water partition coefficient (Wildman–Crippen LogP) is 2.84. The summed E-state index contributed by atoms with van der Waals surface area (Å²) >= 11 is 5.97. The Balaban J connectivity index is 1.96. The van der Waals surface area contributed by atoms with Crippen LogP contribution >= 0.6 is 11.6 Å². The molecular formula is C16H19ClN6O2. The lowest BCUT2D eigenvalue weighted by atomic mass is 10.2. The lowest BCUT2D eigenvalue weighted by molar-refractivity contribution is -0.383.